The average Bonchev–Trinajstić information content (AvgIpc) is 2.51. The van der Waals surface area contributed by atoms with E-state index in [4.69, 9.17) is 4.74 Å². The van der Waals surface area contributed by atoms with Gasteiger partial charge < -0.3 is 9.72 Å². The first kappa shape index (κ1) is 21.0. The first-order chi connectivity index (χ1) is 11.6. The van der Waals surface area contributed by atoms with Gasteiger partial charge in [-0.1, -0.05) is 39.5 Å². The summed E-state index contributed by atoms with van der Waals surface area (Å²) in [6.45, 7) is 8.50. The Hall–Kier alpha value is -2.08. The molecule has 1 aromatic rings. The lowest BCUT2D eigenvalue weighted by molar-refractivity contribution is -0.101. The van der Waals surface area contributed by atoms with Gasteiger partial charge in [0.15, 0.2) is 0 Å². The van der Waals surface area contributed by atoms with E-state index in [1.807, 2.05) is 13.8 Å². The van der Waals surface area contributed by atoms with E-state index in [9.17, 15) is 18.0 Å². The Balaban J connectivity index is 2.82. The summed E-state index contributed by atoms with van der Waals surface area (Å²) >= 11 is 0. The van der Waals surface area contributed by atoms with Crippen LogP contribution in [0.15, 0.2) is 59.1 Å². The summed E-state index contributed by atoms with van der Waals surface area (Å²) in [5.74, 6) is -0.254. The van der Waals surface area contributed by atoms with Crippen LogP contribution < -0.4 is 5.56 Å². The Labute approximate surface area is 145 Å². The molecule has 0 aromatic carbocycles. The number of allylic oxidation sites excluding steroid dienone is 4. The number of pyridine rings is 1. The second kappa shape index (κ2) is 9.42. The van der Waals surface area contributed by atoms with Gasteiger partial charge in [0.25, 0.3) is 0 Å². The van der Waals surface area contributed by atoms with Crippen molar-refractivity contribution in [2.45, 2.75) is 32.9 Å². The molecule has 1 aromatic heterocycles. The second-order valence-corrected chi connectivity index (χ2v) is 6.13. The summed E-state index contributed by atoms with van der Waals surface area (Å²) < 4.78 is 45.0. The van der Waals surface area contributed by atoms with Crippen molar-refractivity contribution in [1.82, 2.24) is 4.98 Å². The summed E-state index contributed by atoms with van der Waals surface area (Å²) in [5, 5.41) is 0. The summed E-state index contributed by atoms with van der Waals surface area (Å²) in [5.41, 5.74) is 0.257. The highest BCUT2D eigenvalue weighted by molar-refractivity contribution is 5.30. The van der Waals surface area contributed by atoms with Crippen molar-refractivity contribution >= 4 is 0 Å². The Bertz CT molecular complexity index is 684. The lowest BCUT2D eigenvalue weighted by Crippen LogP contribution is -2.19. The number of rotatable bonds is 8. The summed E-state index contributed by atoms with van der Waals surface area (Å²) in [6.07, 6.45) is 1.18. The maximum absolute atomic E-state index is 13.2. The lowest BCUT2D eigenvalue weighted by Gasteiger charge is -2.17. The minimum absolute atomic E-state index is 0.0645. The van der Waals surface area contributed by atoms with Crippen LogP contribution in [0.5, 0.6) is 0 Å². The molecule has 25 heavy (non-hydrogen) atoms. The molecule has 0 amide bonds. The van der Waals surface area contributed by atoms with Crippen molar-refractivity contribution in [3.05, 3.63) is 70.2 Å². The van der Waals surface area contributed by atoms with Gasteiger partial charge in [-0.05, 0) is 29.2 Å². The molecule has 0 bridgehead atoms. The molecular weight excluding hydrogens is 331 g/mol. The van der Waals surface area contributed by atoms with Crippen molar-refractivity contribution in [2.75, 3.05) is 13.2 Å². The van der Waals surface area contributed by atoms with E-state index in [1.54, 1.807) is 19.1 Å². The van der Waals surface area contributed by atoms with E-state index in [1.165, 1.54) is 18.3 Å². The third-order valence-corrected chi connectivity index (χ3v) is 3.68. The third kappa shape index (κ3) is 7.13. The normalized spacial score (nSPS) is 14.7. The lowest BCUT2D eigenvalue weighted by atomic mass is 10.00. The number of alkyl halides is 3. The highest BCUT2D eigenvalue weighted by Gasteiger charge is 2.34. The van der Waals surface area contributed by atoms with Crippen molar-refractivity contribution in [1.29, 1.82) is 0 Å². The van der Waals surface area contributed by atoms with Gasteiger partial charge >= 0.3 is 6.18 Å². The summed E-state index contributed by atoms with van der Waals surface area (Å²) in [4.78, 5) is 13.8. The molecule has 1 unspecified atom stereocenters. The number of nitrogens with one attached hydrogen (secondary N) is 1. The number of hydrogen-bond donors (Lipinski definition) is 1. The van der Waals surface area contributed by atoms with E-state index in [0.29, 0.717) is 5.57 Å². The minimum Gasteiger partial charge on any atom is -0.376 e. The fraction of sp³-hybridized carbons (Fsp3) is 0.421. The van der Waals surface area contributed by atoms with Crippen LogP contribution in [0, 0.1) is 5.92 Å². The van der Waals surface area contributed by atoms with Gasteiger partial charge in [0.1, 0.15) is 0 Å². The van der Waals surface area contributed by atoms with E-state index < -0.39 is 18.4 Å². The van der Waals surface area contributed by atoms with Gasteiger partial charge in [-0.15, -0.1) is 0 Å². The molecule has 1 heterocycles. The van der Waals surface area contributed by atoms with Crippen molar-refractivity contribution in [2.24, 2.45) is 5.92 Å². The molecule has 3 nitrogen and oxygen atoms in total. The van der Waals surface area contributed by atoms with Crippen LogP contribution in [0.1, 0.15) is 32.3 Å². The third-order valence-electron chi connectivity index (χ3n) is 3.68. The quantitative estimate of drug-likeness (QED) is 0.684. The Morgan fingerprint density at radius 3 is 2.56 bits per heavy atom. The van der Waals surface area contributed by atoms with Gasteiger partial charge in [-0.2, -0.15) is 13.2 Å². The van der Waals surface area contributed by atoms with Crippen LogP contribution in [0.3, 0.4) is 0 Å². The molecule has 0 radical (unpaired) electrons. The minimum atomic E-state index is -4.47. The van der Waals surface area contributed by atoms with Gasteiger partial charge in [0, 0.05) is 18.2 Å². The SMILES string of the molecule is C=CC=C(C=C(COCC(C)c1cc[nH]c(=O)c1)C(F)(F)F)C(C)C. The van der Waals surface area contributed by atoms with Crippen LogP contribution in [-0.4, -0.2) is 24.4 Å². The zero-order valence-electron chi connectivity index (χ0n) is 14.7. The molecule has 1 atom stereocenters. The van der Waals surface area contributed by atoms with Crippen LogP contribution in [0.4, 0.5) is 13.2 Å². The van der Waals surface area contributed by atoms with Gasteiger partial charge in [-0.25, -0.2) is 0 Å². The smallest absolute Gasteiger partial charge is 0.376 e. The first-order valence-electron chi connectivity index (χ1n) is 8.02. The maximum Gasteiger partial charge on any atom is 0.414 e. The molecule has 138 valence electrons. The topological polar surface area (TPSA) is 42.1 Å². The molecule has 0 aliphatic rings. The predicted octanol–water partition coefficient (Wildman–Crippen LogP) is 4.75. The summed E-state index contributed by atoms with van der Waals surface area (Å²) in [6, 6.07) is 3.12. The molecule has 0 saturated carbocycles. The fourth-order valence-electron chi connectivity index (χ4n) is 2.16. The zero-order chi connectivity index (χ0) is 19.0. The van der Waals surface area contributed by atoms with Crippen LogP contribution in [-0.2, 0) is 4.74 Å². The number of aromatic amines is 1. The maximum atomic E-state index is 13.2. The van der Waals surface area contributed by atoms with Gasteiger partial charge in [0.05, 0.1) is 18.8 Å². The van der Waals surface area contributed by atoms with Crippen molar-refractivity contribution < 1.29 is 17.9 Å². The highest BCUT2D eigenvalue weighted by atomic mass is 19.4. The molecule has 0 spiro atoms. The number of H-pyrrole nitrogens is 1. The Morgan fingerprint density at radius 2 is 2.04 bits per heavy atom. The molecule has 0 fully saturated rings. The zero-order valence-corrected chi connectivity index (χ0v) is 14.7. The first-order valence-corrected chi connectivity index (χ1v) is 8.02. The molecule has 1 rings (SSSR count). The molecule has 0 aliphatic heterocycles. The van der Waals surface area contributed by atoms with Gasteiger partial charge in [0.2, 0.25) is 5.56 Å². The monoisotopic (exact) mass is 355 g/mol. The van der Waals surface area contributed by atoms with Crippen LogP contribution in [0.2, 0.25) is 0 Å². The number of ether oxygens (including phenoxy) is 1. The largest absolute Gasteiger partial charge is 0.414 e. The second-order valence-electron chi connectivity index (χ2n) is 6.13. The number of halogens is 3. The van der Waals surface area contributed by atoms with Gasteiger partial charge in [-0.3, -0.25) is 4.79 Å². The standard InChI is InChI=1S/C19H24F3NO2/c1-5-6-15(13(2)3)9-17(19(20,21)22)12-25-11-14(4)16-7-8-23-18(24)10-16/h5-10,13-14H,1,11-12H2,2-4H3,(H,23,24). The number of hydrogen-bond acceptors (Lipinski definition) is 2. The Kier molecular flexibility index (Phi) is 7.90. The van der Waals surface area contributed by atoms with Crippen molar-refractivity contribution in [3.63, 3.8) is 0 Å². The summed E-state index contributed by atoms with van der Waals surface area (Å²) in [7, 11) is 0. The van der Waals surface area contributed by atoms with E-state index in [0.717, 1.165) is 11.6 Å². The predicted molar refractivity (Wildman–Crippen MR) is 93.6 cm³/mol. The molecule has 6 heteroatoms. The molecule has 0 saturated heterocycles. The fourth-order valence-corrected chi connectivity index (χ4v) is 2.16. The van der Waals surface area contributed by atoms with E-state index in [-0.39, 0.29) is 24.0 Å². The molecule has 0 aliphatic carbocycles. The van der Waals surface area contributed by atoms with Crippen molar-refractivity contribution in [3.8, 4) is 0 Å². The highest BCUT2D eigenvalue weighted by Crippen LogP contribution is 2.29. The van der Waals surface area contributed by atoms with E-state index >= 15 is 0 Å². The van der Waals surface area contributed by atoms with E-state index in [2.05, 4.69) is 11.6 Å². The molecular formula is C19H24F3NO2. The Morgan fingerprint density at radius 1 is 1.36 bits per heavy atom. The number of aromatic nitrogens is 1. The molecule has 1 N–H and O–H groups in total. The van der Waals surface area contributed by atoms with Crippen LogP contribution >= 0.6 is 0 Å². The van der Waals surface area contributed by atoms with Crippen LogP contribution in [0.25, 0.3) is 0 Å². The average molecular weight is 355 g/mol.